The lowest BCUT2D eigenvalue weighted by Crippen LogP contribution is -2.26. The van der Waals surface area contributed by atoms with E-state index in [0.717, 1.165) is 5.56 Å². The molecule has 0 spiro atoms. The molecule has 0 radical (unpaired) electrons. The van der Waals surface area contributed by atoms with Crippen LogP contribution in [0, 0.1) is 5.92 Å². The number of carbonyl (C=O) groups is 2. The fraction of sp³-hybridized carbons (Fsp3) is 0.318. The molecule has 1 saturated heterocycles. The second-order valence-corrected chi connectivity index (χ2v) is 7.65. The normalized spacial score (nSPS) is 16.4. The number of likely N-dealkylation sites (tertiary alicyclic amines) is 1. The molecule has 3 aromatic rings. The van der Waals surface area contributed by atoms with E-state index >= 15 is 0 Å². The zero-order chi connectivity index (χ0) is 21.3. The van der Waals surface area contributed by atoms with E-state index in [9.17, 15) is 14.4 Å². The predicted octanol–water partition coefficient (Wildman–Crippen LogP) is 3.69. The molecule has 7 nitrogen and oxygen atoms in total. The van der Waals surface area contributed by atoms with Gasteiger partial charge in [0.15, 0.2) is 0 Å². The number of amides is 1. The Morgan fingerprint density at radius 3 is 2.83 bits per heavy atom. The molecule has 1 atom stereocenters. The number of halogens is 1. The maximum atomic E-state index is 12.5. The average molecular weight is 430 g/mol. The third kappa shape index (κ3) is 4.11. The van der Waals surface area contributed by atoms with Crippen molar-refractivity contribution in [2.45, 2.75) is 32.9 Å². The van der Waals surface area contributed by atoms with Crippen molar-refractivity contribution in [1.82, 2.24) is 4.90 Å². The van der Waals surface area contributed by atoms with Crippen LogP contribution in [0.15, 0.2) is 50.2 Å². The van der Waals surface area contributed by atoms with E-state index < -0.39 is 17.5 Å². The van der Waals surface area contributed by atoms with Gasteiger partial charge in [-0.3, -0.25) is 9.59 Å². The zero-order valence-corrected chi connectivity index (χ0v) is 17.1. The second-order valence-electron chi connectivity index (χ2n) is 7.25. The largest absolute Gasteiger partial charge is 0.467 e. The molecule has 3 heterocycles. The summed E-state index contributed by atoms with van der Waals surface area (Å²) in [6.45, 7) is 2.43. The zero-order valence-electron chi connectivity index (χ0n) is 16.4. The summed E-state index contributed by atoms with van der Waals surface area (Å²) in [6.07, 6.45) is 2.32. The highest BCUT2D eigenvalue weighted by Crippen LogP contribution is 2.27. The Morgan fingerprint density at radius 1 is 1.27 bits per heavy atom. The van der Waals surface area contributed by atoms with Gasteiger partial charge in [-0.25, -0.2) is 4.79 Å². The van der Waals surface area contributed by atoms with Gasteiger partial charge in [0, 0.05) is 35.0 Å². The summed E-state index contributed by atoms with van der Waals surface area (Å²) in [6, 6.07) is 8.26. The monoisotopic (exact) mass is 429 g/mol. The predicted molar refractivity (Wildman–Crippen MR) is 109 cm³/mol. The number of hydrogen-bond acceptors (Lipinski definition) is 6. The highest BCUT2D eigenvalue weighted by atomic mass is 35.5. The molecule has 8 heteroatoms. The van der Waals surface area contributed by atoms with E-state index in [2.05, 4.69) is 0 Å². The lowest BCUT2D eigenvalue weighted by atomic mass is 10.1. The average Bonchev–Trinajstić information content (AvgIpc) is 3.36. The highest BCUT2D eigenvalue weighted by Gasteiger charge is 2.35. The Kier molecular flexibility index (Phi) is 5.63. The third-order valence-corrected chi connectivity index (χ3v) is 5.57. The first-order chi connectivity index (χ1) is 14.4. The van der Waals surface area contributed by atoms with Gasteiger partial charge < -0.3 is 18.5 Å². The number of hydrogen-bond donors (Lipinski definition) is 0. The molecule has 1 aromatic carbocycles. The van der Waals surface area contributed by atoms with Crippen LogP contribution in [0.4, 0.5) is 0 Å². The Balaban J connectivity index is 1.46. The number of ether oxygens (including phenoxy) is 1. The molecule has 1 amide bonds. The van der Waals surface area contributed by atoms with Gasteiger partial charge in [0.25, 0.3) is 0 Å². The molecule has 0 N–H and O–H groups in total. The number of fused-ring (bicyclic) bond motifs is 1. The quantitative estimate of drug-likeness (QED) is 0.438. The van der Waals surface area contributed by atoms with Crippen molar-refractivity contribution in [3.63, 3.8) is 0 Å². The van der Waals surface area contributed by atoms with Crippen LogP contribution in [0.3, 0.4) is 0 Å². The van der Waals surface area contributed by atoms with Crippen LogP contribution in [0.1, 0.15) is 30.2 Å². The van der Waals surface area contributed by atoms with Gasteiger partial charge in [-0.1, -0.05) is 18.5 Å². The minimum Gasteiger partial charge on any atom is -0.467 e. The summed E-state index contributed by atoms with van der Waals surface area (Å²) in [5.74, 6) is -0.515. The maximum absolute atomic E-state index is 12.5. The van der Waals surface area contributed by atoms with Gasteiger partial charge in [0.2, 0.25) is 5.91 Å². The molecule has 0 bridgehead atoms. The Bertz CT molecular complexity index is 1150. The molecule has 0 unspecified atom stereocenters. The van der Waals surface area contributed by atoms with Crippen molar-refractivity contribution >= 4 is 34.4 Å². The molecule has 30 heavy (non-hydrogen) atoms. The number of benzene rings is 1. The van der Waals surface area contributed by atoms with Gasteiger partial charge in [-0.05, 0) is 36.2 Å². The van der Waals surface area contributed by atoms with Crippen LogP contribution in [0.5, 0.6) is 0 Å². The molecule has 2 aromatic heterocycles. The Hall–Kier alpha value is -3.06. The molecule has 0 aliphatic carbocycles. The smallest absolute Gasteiger partial charge is 0.336 e. The fourth-order valence-corrected chi connectivity index (χ4v) is 3.92. The molecule has 156 valence electrons. The minimum atomic E-state index is -0.561. The maximum Gasteiger partial charge on any atom is 0.336 e. The van der Waals surface area contributed by atoms with Crippen LogP contribution in [-0.2, 0) is 33.9 Å². The molecule has 4 rings (SSSR count). The Labute approximate surface area is 177 Å². The van der Waals surface area contributed by atoms with Crippen molar-refractivity contribution in [2.75, 3.05) is 6.54 Å². The summed E-state index contributed by atoms with van der Waals surface area (Å²) < 4.78 is 16.0. The molecular formula is C22H20ClNO6. The summed E-state index contributed by atoms with van der Waals surface area (Å²) in [7, 11) is 0. The van der Waals surface area contributed by atoms with Crippen LogP contribution in [-0.4, -0.2) is 23.3 Å². The number of carbonyl (C=O) groups excluding carboxylic acids is 2. The van der Waals surface area contributed by atoms with Crippen LogP contribution in [0.2, 0.25) is 5.02 Å². The van der Waals surface area contributed by atoms with Gasteiger partial charge >= 0.3 is 11.6 Å². The van der Waals surface area contributed by atoms with Gasteiger partial charge in [0.1, 0.15) is 18.0 Å². The highest BCUT2D eigenvalue weighted by molar-refractivity contribution is 6.32. The fourth-order valence-electron chi connectivity index (χ4n) is 3.62. The third-order valence-electron chi connectivity index (χ3n) is 5.22. The van der Waals surface area contributed by atoms with E-state index in [-0.39, 0.29) is 25.5 Å². The van der Waals surface area contributed by atoms with Crippen molar-refractivity contribution in [2.24, 2.45) is 5.92 Å². The Morgan fingerprint density at radius 2 is 2.10 bits per heavy atom. The van der Waals surface area contributed by atoms with Gasteiger partial charge in [0.05, 0.1) is 18.7 Å². The van der Waals surface area contributed by atoms with E-state index in [1.807, 2.05) is 6.92 Å². The minimum absolute atomic E-state index is 0.0862. The summed E-state index contributed by atoms with van der Waals surface area (Å²) in [5.41, 5.74) is 1.24. The summed E-state index contributed by atoms with van der Waals surface area (Å²) in [4.78, 5) is 38.3. The van der Waals surface area contributed by atoms with Crippen LogP contribution < -0.4 is 5.63 Å². The number of esters is 1. The first kappa shape index (κ1) is 20.2. The van der Waals surface area contributed by atoms with Crippen molar-refractivity contribution < 1.29 is 23.2 Å². The first-order valence-electron chi connectivity index (χ1n) is 9.66. The summed E-state index contributed by atoms with van der Waals surface area (Å²) >= 11 is 6.29. The van der Waals surface area contributed by atoms with Crippen LogP contribution >= 0.6 is 11.6 Å². The van der Waals surface area contributed by atoms with Gasteiger partial charge in [-0.2, -0.15) is 0 Å². The topological polar surface area (TPSA) is 90.0 Å². The van der Waals surface area contributed by atoms with Crippen molar-refractivity contribution in [3.8, 4) is 0 Å². The van der Waals surface area contributed by atoms with E-state index in [1.165, 1.54) is 12.3 Å². The molecular weight excluding hydrogens is 410 g/mol. The van der Waals surface area contributed by atoms with Crippen LogP contribution in [0.25, 0.3) is 11.0 Å². The van der Waals surface area contributed by atoms with E-state index in [4.69, 9.17) is 25.2 Å². The lowest BCUT2D eigenvalue weighted by molar-refractivity contribution is -0.149. The molecule has 1 aliphatic rings. The first-order valence-corrected chi connectivity index (χ1v) is 10.0. The van der Waals surface area contributed by atoms with Crippen molar-refractivity contribution in [1.29, 1.82) is 0 Å². The number of rotatable bonds is 6. The van der Waals surface area contributed by atoms with E-state index in [0.29, 0.717) is 40.3 Å². The van der Waals surface area contributed by atoms with Gasteiger partial charge in [-0.15, -0.1) is 0 Å². The molecule has 1 fully saturated rings. The number of nitrogens with zero attached hydrogens (tertiary/aromatic N) is 1. The number of furan rings is 1. The summed E-state index contributed by atoms with van der Waals surface area (Å²) in [5, 5.41) is 1.17. The van der Waals surface area contributed by atoms with Crippen molar-refractivity contribution in [3.05, 3.63) is 68.9 Å². The molecule has 0 saturated carbocycles. The lowest BCUT2D eigenvalue weighted by Gasteiger charge is -2.15. The second kappa shape index (κ2) is 8.36. The standard InChI is InChI=1S/C22H20ClNO6/c1-2-13-6-19-17(9-18(13)23)15(8-21(26)30-19)12-29-22(27)14-7-20(25)24(10-14)11-16-4-3-5-28-16/h3-6,8-9,14H,2,7,10-12H2,1H3/t14-/m0/s1. The SMILES string of the molecule is CCc1cc2oc(=O)cc(COC(=O)[C@H]3CC(=O)N(Cc4ccco4)C3)c2cc1Cl. The molecule has 1 aliphatic heterocycles. The number of aryl methyl sites for hydroxylation is 1. The van der Waals surface area contributed by atoms with E-state index in [1.54, 1.807) is 29.2 Å².